The number of piperazine rings is 1. The van der Waals surface area contributed by atoms with Crippen molar-refractivity contribution in [3.8, 4) is 0 Å². The van der Waals surface area contributed by atoms with Crippen LogP contribution in [0.25, 0.3) is 0 Å². The lowest BCUT2D eigenvalue weighted by atomic mass is 10.0. The minimum atomic E-state index is -0.808. The Morgan fingerprint density at radius 3 is 2.77 bits per heavy atom. The van der Waals surface area contributed by atoms with E-state index in [-0.39, 0.29) is 24.0 Å². The van der Waals surface area contributed by atoms with Crippen molar-refractivity contribution in [2.75, 3.05) is 31.6 Å². The van der Waals surface area contributed by atoms with Gasteiger partial charge in [0.2, 0.25) is 5.89 Å². The number of nitrogens with one attached hydrogen (secondary N) is 1. The lowest BCUT2D eigenvalue weighted by molar-refractivity contribution is 0.0519. The van der Waals surface area contributed by atoms with Crippen LogP contribution in [0.5, 0.6) is 0 Å². The monoisotopic (exact) mass is 417 g/mol. The molecule has 0 spiro atoms. The Bertz CT molecular complexity index is 882. The highest BCUT2D eigenvalue weighted by molar-refractivity contribution is 5.68. The Morgan fingerprint density at radius 2 is 2.13 bits per heavy atom. The molecule has 2 atom stereocenters. The smallest absolute Gasteiger partial charge is 0.410 e. The molecule has 164 valence electrons. The first-order valence-electron chi connectivity index (χ1n) is 10.3. The Hall–Kier alpha value is -2.65. The van der Waals surface area contributed by atoms with Crippen LogP contribution in [0.1, 0.15) is 49.5 Å². The Labute approximate surface area is 177 Å². The van der Waals surface area contributed by atoms with E-state index in [0.29, 0.717) is 13.2 Å². The summed E-state index contributed by atoms with van der Waals surface area (Å²) in [4.78, 5) is 16.2. The molecule has 1 saturated heterocycles. The first kappa shape index (κ1) is 22.0. The van der Waals surface area contributed by atoms with Crippen molar-refractivity contribution in [3.63, 3.8) is 0 Å². The first-order valence-corrected chi connectivity index (χ1v) is 10.3. The maximum Gasteiger partial charge on any atom is 0.410 e. The molecule has 0 saturated carbocycles. The van der Waals surface area contributed by atoms with Crippen LogP contribution in [-0.2, 0) is 11.3 Å². The van der Waals surface area contributed by atoms with Gasteiger partial charge in [-0.25, -0.2) is 4.79 Å². The van der Waals surface area contributed by atoms with Crippen molar-refractivity contribution in [2.24, 2.45) is 0 Å². The third-order valence-corrected chi connectivity index (χ3v) is 5.31. The van der Waals surface area contributed by atoms with E-state index in [9.17, 15) is 9.90 Å². The average Bonchev–Trinajstić information content (AvgIpc) is 3.14. The number of aryl methyl sites for hydroxylation is 1. The summed E-state index contributed by atoms with van der Waals surface area (Å²) in [6.45, 7) is 13.0. The van der Waals surface area contributed by atoms with E-state index in [2.05, 4.69) is 40.3 Å². The SMILES string of the molecule is CCOC(=O)N1CCN(Cc2cc(C)cc(Nc3nnc([C@@H](C)O)o3)c2C)C[C@@H]1C. The van der Waals surface area contributed by atoms with E-state index in [1.165, 1.54) is 5.56 Å². The second kappa shape index (κ2) is 9.44. The van der Waals surface area contributed by atoms with Gasteiger partial charge < -0.3 is 24.5 Å². The zero-order chi connectivity index (χ0) is 21.8. The summed E-state index contributed by atoms with van der Waals surface area (Å²) >= 11 is 0. The number of hydrogen-bond acceptors (Lipinski definition) is 8. The molecule has 0 unspecified atom stereocenters. The average molecular weight is 418 g/mol. The molecule has 1 aliphatic rings. The minimum Gasteiger partial charge on any atom is -0.450 e. The number of carbonyl (C=O) groups excluding carboxylic acids is 1. The summed E-state index contributed by atoms with van der Waals surface area (Å²) in [6, 6.07) is 4.56. The van der Waals surface area contributed by atoms with Gasteiger partial charge in [0.25, 0.3) is 0 Å². The number of rotatable bonds is 6. The number of nitrogens with zero attached hydrogens (tertiary/aromatic N) is 4. The molecule has 1 amide bonds. The largest absolute Gasteiger partial charge is 0.450 e. The second-order valence-electron chi connectivity index (χ2n) is 7.82. The van der Waals surface area contributed by atoms with Crippen LogP contribution >= 0.6 is 0 Å². The first-order chi connectivity index (χ1) is 14.3. The Morgan fingerprint density at radius 1 is 1.37 bits per heavy atom. The van der Waals surface area contributed by atoms with Crippen LogP contribution in [0.3, 0.4) is 0 Å². The molecular formula is C21H31N5O4. The number of aliphatic hydroxyl groups excluding tert-OH is 1. The number of aromatic nitrogens is 2. The number of carbonyl (C=O) groups is 1. The standard InChI is InChI=1S/C21H31N5O4/c1-6-29-21(28)26-8-7-25(11-14(26)3)12-17-9-13(2)10-18(15(17)4)22-20-24-23-19(30-20)16(5)27/h9-10,14,16,27H,6-8,11-12H2,1-5H3,(H,22,24)/t14-,16+/m0/s1. The highest BCUT2D eigenvalue weighted by atomic mass is 16.6. The lowest BCUT2D eigenvalue weighted by Gasteiger charge is -2.39. The van der Waals surface area contributed by atoms with Gasteiger partial charge in [-0.15, -0.1) is 5.10 Å². The molecule has 0 aliphatic carbocycles. The molecule has 3 rings (SSSR count). The molecular weight excluding hydrogens is 386 g/mol. The molecule has 1 aromatic heterocycles. The zero-order valence-corrected chi connectivity index (χ0v) is 18.3. The summed E-state index contributed by atoms with van der Waals surface area (Å²) < 4.78 is 10.6. The van der Waals surface area contributed by atoms with E-state index >= 15 is 0 Å². The van der Waals surface area contributed by atoms with E-state index in [1.54, 1.807) is 11.8 Å². The molecule has 0 bridgehead atoms. The van der Waals surface area contributed by atoms with Crippen molar-refractivity contribution < 1.29 is 19.1 Å². The maximum absolute atomic E-state index is 12.1. The van der Waals surface area contributed by atoms with Gasteiger partial charge in [-0.2, -0.15) is 0 Å². The summed E-state index contributed by atoms with van der Waals surface area (Å²) in [5, 5.41) is 20.5. The van der Waals surface area contributed by atoms with Gasteiger partial charge in [-0.05, 0) is 57.4 Å². The van der Waals surface area contributed by atoms with Crippen molar-refractivity contribution in [2.45, 2.75) is 53.3 Å². The van der Waals surface area contributed by atoms with Gasteiger partial charge in [0, 0.05) is 37.9 Å². The van der Waals surface area contributed by atoms with Crippen LogP contribution in [0.15, 0.2) is 16.5 Å². The van der Waals surface area contributed by atoms with Gasteiger partial charge in [0.05, 0.1) is 6.61 Å². The molecule has 30 heavy (non-hydrogen) atoms. The van der Waals surface area contributed by atoms with Gasteiger partial charge in [0.1, 0.15) is 6.10 Å². The minimum absolute atomic E-state index is 0.0952. The normalized spacial score (nSPS) is 18.3. The fraction of sp³-hybridized carbons (Fsp3) is 0.571. The number of anilines is 2. The topological polar surface area (TPSA) is 104 Å². The van der Waals surface area contributed by atoms with Crippen molar-refractivity contribution in [1.29, 1.82) is 0 Å². The summed E-state index contributed by atoms with van der Waals surface area (Å²) in [5.41, 5.74) is 4.30. The molecule has 2 heterocycles. The number of ether oxygens (including phenoxy) is 1. The lowest BCUT2D eigenvalue weighted by Crippen LogP contribution is -2.53. The molecule has 9 heteroatoms. The second-order valence-corrected chi connectivity index (χ2v) is 7.82. The molecule has 1 aromatic carbocycles. The van der Waals surface area contributed by atoms with E-state index in [4.69, 9.17) is 9.15 Å². The molecule has 1 aliphatic heterocycles. The number of benzene rings is 1. The van der Waals surface area contributed by atoms with Crippen molar-refractivity contribution in [1.82, 2.24) is 20.0 Å². The molecule has 9 nitrogen and oxygen atoms in total. The highest BCUT2D eigenvalue weighted by Gasteiger charge is 2.28. The van der Waals surface area contributed by atoms with Gasteiger partial charge in [0.15, 0.2) is 0 Å². The van der Waals surface area contributed by atoms with E-state index < -0.39 is 6.10 Å². The zero-order valence-electron chi connectivity index (χ0n) is 18.3. The molecule has 0 radical (unpaired) electrons. The van der Waals surface area contributed by atoms with Crippen LogP contribution in [0.4, 0.5) is 16.5 Å². The number of hydrogen-bond donors (Lipinski definition) is 2. The predicted molar refractivity (Wildman–Crippen MR) is 113 cm³/mol. The summed E-state index contributed by atoms with van der Waals surface area (Å²) in [7, 11) is 0. The third-order valence-electron chi connectivity index (χ3n) is 5.31. The van der Waals surface area contributed by atoms with Gasteiger partial charge in [-0.1, -0.05) is 11.2 Å². The molecule has 2 aromatic rings. The van der Waals surface area contributed by atoms with Gasteiger partial charge >= 0.3 is 12.1 Å². The molecule has 2 N–H and O–H groups in total. The Balaban J connectivity index is 1.70. The van der Waals surface area contributed by atoms with Crippen LogP contribution in [0.2, 0.25) is 0 Å². The van der Waals surface area contributed by atoms with Gasteiger partial charge in [-0.3, -0.25) is 4.90 Å². The fourth-order valence-electron chi connectivity index (χ4n) is 3.69. The number of aliphatic hydroxyl groups is 1. The quantitative estimate of drug-likeness (QED) is 0.739. The predicted octanol–water partition coefficient (Wildman–Crippen LogP) is 3.15. The van der Waals surface area contributed by atoms with Crippen molar-refractivity contribution >= 4 is 17.8 Å². The van der Waals surface area contributed by atoms with Crippen LogP contribution in [-0.4, -0.2) is 63.5 Å². The van der Waals surface area contributed by atoms with E-state index in [1.807, 2.05) is 19.9 Å². The summed E-state index contributed by atoms with van der Waals surface area (Å²) in [5.74, 6) is 0.177. The number of amides is 1. The summed E-state index contributed by atoms with van der Waals surface area (Å²) in [6.07, 6.45) is -1.04. The van der Waals surface area contributed by atoms with E-state index in [0.717, 1.165) is 36.4 Å². The van der Waals surface area contributed by atoms with Crippen molar-refractivity contribution in [3.05, 3.63) is 34.7 Å². The molecule has 1 fully saturated rings. The Kier molecular flexibility index (Phi) is 6.94. The third kappa shape index (κ3) is 5.09. The fourth-order valence-corrected chi connectivity index (χ4v) is 3.69. The highest BCUT2D eigenvalue weighted by Crippen LogP contribution is 2.27. The maximum atomic E-state index is 12.1. The van der Waals surface area contributed by atoms with Crippen LogP contribution < -0.4 is 5.32 Å². The van der Waals surface area contributed by atoms with Crippen LogP contribution in [0, 0.1) is 13.8 Å².